The van der Waals surface area contributed by atoms with Gasteiger partial charge in [-0.05, 0) is 44.9 Å². The molecule has 0 heterocycles. The van der Waals surface area contributed by atoms with Gasteiger partial charge in [-0.1, -0.05) is 31.5 Å². The van der Waals surface area contributed by atoms with Crippen molar-refractivity contribution in [3.63, 3.8) is 0 Å². The lowest BCUT2D eigenvalue weighted by molar-refractivity contribution is -0.139. The van der Waals surface area contributed by atoms with Gasteiger partial charge in [0.15, 0.2) is 0 Å². The standard InChI is InChI=1S/C23H33NO7S/c1-6-18(7-2)30-20-13-17(23(26)29-8-3)14-21(22(20)24-16(5)25)31-32(27,28)19-11-9-15(4)10-12-19/h9-13,18,20-22H,6-8,14H2,1-5H3,(H,24,25)/t20-,21-,22+/m1/s1. The maximum absolute atomic E-state index is 13.0. The lowest BCUT2D eigenvalue weighted by Crippen LogP contribution is -2.55. The van der Waals surface area contributed by atoms with Gasteiger partial charge in [0.25, 0.3) is 10.1 Å². The maximum Gasteiger partial charge on any atom is 0.333 e. The second-order valence-corrected chi connectivity index (χ2v) is 9.36. The molecule has 0 aromatic heterocycles. The van der Waals surface area contributed by atoms with E-state index >= 15 is 0 Å². The molecule has 0 saturated carbocycles. The maximum atomic E-state index is 13.0. The third-order valence-corrected chi connectivity index (χ3v) is 6.62. The monoisotopic (exact) mass is 467 g/mol. The molecule has 1 N–H and O–H groups in total. The molecule has 0 spiro atoms. The van der Waals surface area contributed by atoms with Crippen LogP contribution in [-0.4, -0.2) is 51.3 Å². The normalized spacial score (nSPS) is 21.2. The van der Waals surface area contributed by atoms with E-state index in [1.165, 1.54) is 19.1 Å². The van der Waals surface area contributed by atoms with Crippen molar-refractivity contribution in [1.29, 1.82) is 0 Å². The first kappa shape index (κ1) is 26.0. The Hall–Kier alpha value is -2.23. The smallest absolute Gasteiger partial charge is 0.333 e. The molecule has 0 radical (unpaired) electrons. The Labute approximate surface area is 190 Å². The molecule has 1 amide bonds. The summed E-state index contributed by atoms with van der Waals surface area (Å²) in [6, 6.07) is 5.46. The second kappa shape index (κ2) is 11.6. The van der Waals surface area contributed by atoms with E-state index in [1.54, 1.807) is 25.1 Å². The lowest BCUT2D eigenvalue weighted by Gasteiger charge is -2.37. The minimum Gasteiger partial charge on any atom is -0.463 e. The largest absolute Gasteiger partial charge is 0.463 e. The predicted molar refractivity (Wildman–Crippen MR) is 119 cm³/mol. The molecule has 1 aromatic carbocycles. The fourth-order valence-electron chi connectivity index (χ4n) is 3.55. The van der Waals surface area contributed by atoms with Crippen LogP contribution in [0.4, 0.5) is 0 Å². The summed E-state index contributed by atoms with van der Waals surface area (Å²) in [5, 5.41) is 2.76. The zero-order valence-electron chi connectivity index (χ0n) is 19.3. The van der Waals surface area contributed by atoms with E-state index < -0.39 is 34.3 Å². The molecule has 9 heteroatoms. The highest BCUT2D eigenvalue weighted by atomic mass is 32.2. The summed E-state index contributed by atoms with van der Waals surface area (Å²) in [6.07, 6.45) is 1.06. The van der Waals surface area contributed by atoms with Crippen molar-refractivity contribution in [2.45, 2.75) is 83.1 Å². The SMILES string of the molecule is CCOC(=O)C1=C[C@@H](OC(CC)CC)[C@H](NC(C)=O)[C@H](OS(=O)(=O)c2ccc(C)cc2)C1. The average molecular weight is 468 g/mol. The van der Waals surface area contributed by atoms with Crippen molar-refractivity contribution in [3.05, 3.63) is 41.5 Å². The summed E-state index contributed by atoms with van der Waals surface area (Å²) in [6.45, 7) is 8.99. The van der Waals surface area contributed by atoms with Crippen LogP contribution in [0.5, 0.6) is 0 Å². The number of carbonyl (C=O) groups excluding carboxylic acids is 2. The minimum atomic E-state index is -4.16. The molecule has 0 unspecified atom stereocenters. The molecule has 1 aromatic rings. The highest BCUT2D eigenvalue weighted by molar-refractivity contribution is 7.86. The van der Waals surface area contributed by atoms with E-state index in [9.17, 15) is 18.0 Å². The molecule has 32 heavy (non-hydrogen) atoms. The van der Waals surface area contributed by atoms with Gasteiger partial charge < -0.3 is 14.8 Å². The van der Waals surface area contributed by atoms with E-state index in [-0.39, 0.29) is 35.5 Å². The first-order valence-electron chi connectivity index (χ1n) is 10.9. The first-order chi connectivity index (χ1) is 15.1. The Bertz CT molecular complexity index is 920. The fourth-order valence-corrected chi connectivity index (χ4v) is 4.65. The van der Waals surface area contributed by atoms with Gasteiger partial charge in [-0.25, -0.2) is 4.79 Å². The molecule has 1 aliphatic rings. The van der Waals surface area contributed by atoms with E-state index in [2.05, 4.69) is 5.32 Å². The third-order valence-electron chi connectivity index (χ3n) is 5.27. The van der Waals surface area contributed by atoms with Crippen LogP contribution in [0.15, 0.2) is 40.8 Å². The van der Waals surface area contributed by atoms with Crippen LogP contribution in [-0.2, 0) is 33.4 Å². The summed E-state index contributed by atoms with van der Waals surface area (Å²) >= 11 is 0. The van der Waals surface area contributed by atoms with Crippen molar-refractivity contribution >= 4 is 22.0 Å². The van der Waals surface area contributed by atoms with Crippen molar-refractivity contribution in [3.8, 4) is 0 Å². The van der Waals surface area contributed by atoms with E-state index in [4.69, 9.17) is 13.7 Å². The number of hydrogen-bond donors (Lipinski definition) is 1. The zero-order valence-corrected chi connectivity index (χ0v) is 20.1. The van der Waals surface area contributed by atoms with Gasteiger partial charge in [0.2, 0.25) is 5.91 Å². The first-order valence-corrected chi connectivity index (χ1v) is 12.3. The average Bonchev–Trinajstić information content (AvgIpc) is 2.73. The van der Waals surface area contributed by atoms with Crippen LogP contribution in [0, 0.1) is 6.92 Å². The second-order valence-electron chi connectivity index (χ2n) is 7.78. The summed E-state index contributed by atoms with van der Waals surface area (Å²) < 4.78 is 42.8. The molecule has 0 bridgehead atoms. The van der Waals surface area contributed by atoms with Crippen molar-refractivity contribution in [2.75, 3.05) is 6.61 Å². The Balaban J connectivity index is 2.44. The molecule has 178 valence electrons. The number of hydrogen-bond acceptors (Lipinski definition) is 7. The van der Waals surface area contributed by atoms with Crippen LogP contribution in [0.1, 0.15) is 52.5 Å². The molecule has 0 saturated heterocycles. The minimum absolute atomic E-state index is 0.00521. The fraction of sp³-hybridized carbons (Fsp3) is 0.565. The van der Waals surface area contributed by atoms with Gasteiger partial charge in [-0.3, -0.25) is 8.98 Å². The molecule has 3 atom stereocenters. The van der Waals surface area contributed by atoms with Crippen LogP contribution in [0.25, 0.3) is 0 Å². The lowest BCUT2D eigenvalue weighted by atomic mass is 9.89. The van der Waals surface area contributed by atoms with Crippen LogP contribution >= 0.6 is 0 Å². The number of ether oxygens (including phenoxy) is 2. The summed E-state index contributed by atoms with van der Waals surface area (Å²) in [4.78, 5) is 24.4. The van der Waals surface area contributed by atoms with Gasteiger partial charge in [-0.15, -0.1) is 0 Å². The summed E-state index contributed by atoms with van der Waals surface area (Å²) in [5.41, 5.74) is 1.16. The van der Waals surface area contributed by atoms with Gasteiger partial charge in [-0.2, -0.15) is 8.42 Å². The Kier molecular flexibility index (Phi) is 9.42. The molecular formula is C23H33NO7S. The van der Waals surface area contributed by atoms with Gasteiger partial charge in [0.1, 0.15) is 6.10 Å². The predicted octanol–water partition coefficient (Wildman–Crippen LogP) is 3.04. The van der Waals surface area contributed by atoms with Gasteiger partial charge in [0.05, 0.1) is 29.8 Å². The quantitative estimate of drug-likeness (QED) is 0.416. The summed E-state index contributed by atoms with van der Waals surface area (Å²) in [5.74, 6) is -0.921. The number of nitrogens with one attached hydrogen (secondary N) is 1. The Morgan fingerprint density at radius 2 is 1.75 bits per heavy atom. The number of carbonyl (C=O) groups is 2. The highest BCUT2D eigenvalue weighted by Crippen LogP contribution is 2.29. The Morgan fingerprint density at radius 3 is 2.28 bits per heavy atom. The molecule has 8 nitrogen and oxygen atoms in total. The van der Waals surface area contributed by atoms with Crippen molar-refractivity contribution in [1.82, 2.24) is 5.32 Å². The highest BCUT2D eigenvalue weighted by Gasteiger charge is 2.41. The molecule has 2 rings (SSSR count). The number of amides is 1. The van der Waals surface area contributed by atoms with Crippen molar-refractivity contribution < 1.29 is 31.7 Å². The Morgan fingerprint density at radius 1 is 1.12 bits per heavy atom. The van der Waals surface area contributed by atoms with Gasteiger partial charge >= 0.3 is 5.97 Å². The van der Waals surface area contributed by atoms with E-state index in [1.807, 2.05) is 20.8 Å². The molecular weight excluding hydrogens is 434 g/mol. The van der Waals surface area contributed by atoms with E-state index in [0.717, 1.165) is 18.4 Å². The summed E-state index contributed by atoms with van der Waals surface area (Å²) in [7, 11) is -4.16. The number of benzene rings is 1. The zero-order chi connectivity index (χ0) is 23.9. The topological polar surface area (TPSA) is 108 Å². The van der Waals surface area contributed by atoms with Crippen molar-refractivity contribution in [2.24, 2.45) is 0 Å². The van der Waals surface area contributed by atoms with Crippen LogP contribution in [0.2, 0.25) is 0 Å². The van der Waals surface area contributed by atoms with Gasteiger partial charge in [0, 0.05) is 18.9 Å². The van der Waals surface area contributed by atoms with Crippen LogP contribution < -0.4 is 5.32 Å². The molecule has 0 fully saturated rings. The molecule has 0 aliphatic heterocycles. The van der Waals surface area contributed by atoms with Crippen LogP contribution in [0.3, 0.4) is 0 Å². The number of esters is 1. The van der Waals surface area contributed by atoms with E-state index in [0.29, 0.717) is 0 Å². The third kappa shape index (κ3) is 6.88. The molecule has 1 aliphatic carbocycles. The number of rotatable bonds is 10. The number of aryl methyl sites for hydroxylation is 1.